The van der Waals surface area contributed by atoms with Gasteiger partial charge in [0.1, 0.15) is 5.82 Å². The summed E-state index contributed by atoms with van der Waals surface area (Å²) in [5.74, 6) is -0.267. The summed E-state index contributed by atoms with van der Waals surface area (Å²) in [5, 5.41) is 9.54. The smallest absolute Gasteiger partial charge is 0.311 e. The number of ether oxygens (including phenoxy) is 1. The molecule has 10 heteroatoms. The van der Waals surface area contributed by atoms with E-state index in [1.165, 1.54) is 11.3 Å². The molecule has 0 saturated heterocycles. The van der Waals surface area contributed by atoms with Gasteiger partial charge in [-0.25, -0.2) is 14.6 Å². The van der Waals surface area contributed by atoms with E-state index < -0.39 is 5.91 Å². The lowest BCUT2D eigenvalue weighted by molar-refractivity contribution is -0.142. The van der Waals surface area contributed by atoms with Crippen LogP contribution in [0.5, 0.6) is 0 Å². The Morgan fingerprint density at radius 2 is 2.00 bits per heavy atom. The summed E-state index contributed by atoms with van der Waals surface area (Å²) >= 11 is 7.11. The summed E-state index contributed by atoms with van der Waals surface area (Å²) in [6.45, 7) is 3.80. The molecule has 27 heavy (non-hydrogen) atoms. The number of aromatic nitrogens is 4. The van der Waals surface area contributed by atoms with Crippen molar-refractivity contribution >= 4 is 39.9 Å². The minimum absolute atomic E-state index is 0.0181. The lowest BCUT2D eigenvalue weighted by Gasteiger charge is -2.02. The van der Waals surface area contributed by atoms with E-state index >= 15 is 0 Å². The molecule has 0 bridgehead atoms. The highest BCUT2D eigenvalue weighted by molar-refractivity contribution is 7.14. The topological polar surface area (TPSA) is 99.0 Å². The van der Waals surface area contributed by atoms with Crippen LogP contribution in [0.15, 0.2) is 29.6 Å². The number of nitrogens with zero attached hydrogens (tertiary/aromatic N) is 4. The van der Waals surface area contributed by atoms with Crippen LogP contribution < -0.4 is 5.32 Å². The van der Waals surface area contributed by atoms with Crippen LogP contribution in [0.2, 0.25) is 5.02 Å². The number of benzene rings is 1. The zero-order valence-corrected chi connectivity index (χ0v) is 16.2. The van der Waals surface area contributed by atoms with Gasteiger partial charge in [0.25, 0.3) is 5.91 Å². The fourth-order valence-electron chi connectivity index (χ4n) is 2.27. The minimum atomic E-state index is -0.483. The molecule has 1 aromatic carbocycles. The number of anilines is 1. The third kappa shape index (κ3) is 4.69. The monoisotopic (exact) mass is 405 g/mol. The maximum Gasteiger partial charge on any atom is 0.311 e. The minimum Gasteiger partial charge on any atom is -0.466 e. The average molecular weight is 406 g/mol. The van der Waals surface area contributed by atoms with E-state index in [1.54, 1.807) is 48.2 Å². The maximum atomic E-state index is 12.4. The van der Waals surface area contributed by atoms with Crippen molar-refractivity contribution in [3.8, 4) is 5.69 Å². The van der Waals surface area contributed by atoms with E-state index in [2.05, 4.69) is 20.4 Å². The van der Waals surface area contributed by atoms with Gasteiger partial charge >= 0.3 is 5.97 Å². The molecule has 0 aliphatic rings. The summed E-state index contributed by atoms with van der Waals surface area (Å²) in [4.78, 5) is 32.3. The second-order valence-electron chi connectivity index (χ2n) is 5.45. The molecule has 0 saturated carbocycles. The number of amides is 1. The largest absolute Gasteiger partial charge is 0.466 e. The third-order valence-corrected chi connectivity index (χ3v) is 4.50. The van der Waals surface area contributed by atoms with Crippen LogP contribution in [0.4, 0.5) is 5.13 Å². The molecule has 0 unspecified atom stereocenters. The lowest BCUT2D eigenvalue weighted by Crippen LogP contribution is -2.14. The number of carbonyl (C=O) groups excluding carboxylic acids is 2. The molecule has 3 rings (SSSR count). The Morgan fingerprint density at radius 1 is 1.26 bits per heavy atom. The lowest BCUT2D eigenvalue weighted by atomic mass is 10.3. The molecular weight excluding hydrogens is 390 g/mol. The van der Waals surface area contributed by atoms with E-state index in [0.29, 0.717) is 28.3 Å². The first-order valence-electron chi connectivity index (χ1n) is 8.07. The number of esters is 1. The van der Waals surface area contributed by atoms with Crippen molar-refractivity contribution in [2.24, 2.45) is 0 Å². The fourth-order valence-corrected chi connectivity index (χ4v) is 3.10. The van der Waals surface area contributed by atoms with Crippen LogP contribution in [0.25, 0.3) is 5.69 Å². The average Bonchev–Trinajstić information content (AvgIpc) is 3.22. The van der Waals surface area contributed by atoms with Gasteiger partial charge in [0.05, 0.1) is 24.4 Å². The molecule has 0 fully saturated rings. The highest BCUT2D eigenvalue weighted by Crippen LogP contribution is 2.18. The van der Waals surface area contributed by atoms with Gasteiger partial charge in [-0.15, -0.1) is 16.4 Å². The standard InChI is InChI=1S/C17H16ClN5O3S/c1-3-26-14(24)8-12-9-27-17(20-12)21-16(25)15-19-10(2)23(22-15)13-6-4-11(18)5-7-13/h4-7,9H,3,8H2,1-2H3,(H,20,21,25). The van der Waals surface area contributed by atoms with Gasteiger partial charge in [0.15, 0.2) is 5.13 Å². The maximum absolute atomic E-state index is 12.4. The highest BCUT2D eigenvalue weighted by atomic mass is 35.5. The SMILES string of the molecule is CCOC(=O)Cc1csc(NC(=O)c2nc(C)n(-c3ccc(Cl)cc3)n2)n1. The van der Waals surface area contributed by atoms with Crippen molar-refractivity contribution < 1.29 is 14.3 Å². The summed E-state index contributed by atoms with van der Waals surface area (Å²) in [6, 6.07) is 7.04. The zero-order chi connectivity index (χ0) is 19.4. The molecule has 140 valence electrons. The molecule has 0 spiro atoms. The van der Waals surface area contributed by atoms with E-state index in [4.69, 9.17) is 16.3 Å². The van der Waals surface area contributed by atoms with Gasteiger partial charge in [0, 0.05) is 10.4 Å². The van der Waals surface area contributed by atoms with E-state index in [0.717, 1.165) is 5.69 Å². The molecular formula is C17H16ClN5O3S. The van der Waals surface area contributed by atoms with Gasteiger partial charge in [-0.3, -0.25) is 14.9 Å². The number of carbonyl (C=O) groups is 2. The second kappa shape index (κ2) is 8.28. The first kappa shape index (κ1) is 19.0. The van der Waals surface area contributed by atoms with Crippen LogP contribution >= 0.6 is 22.9 Å². The fraction of sp³-hybridized carbons (Fsp3) is 0.235. The van der Waals surface area contributed by atoms with E-state index in [-0.39, 0.29) is 18.2 Å². The van der Waals surface area contributed by atoms with Crippen molar-refractivity contribution in [3.63, 3.8) is 0 Å². The summed E-state index contributed by atoms with van der Waals surface area (Å²) in [6.07, 6.45) is 0.0583. The first-order chi connectivity index (χ1) is 13.0. The van der Waals surface area contributed by atoms with E-state index in [9.17, 15) is 9.59 Å². The Labute approximate surface area is 164 Å². The molecule has 0 radical (unpaired) electrons. The Bertz CT molecular complexity index is 967. The summed E-state index contributed by atoms with van der Waals surface area (Å²) in [5.41, 5.74) is 1.28. The van der Waals surface area contributed by atoms with Crippen LogP contribution in [-0.2, 0) is 16.0 Å². The van der Waals surface area contributed by atoms with E-state index in [1.807, 2.05) is 0 Å². The van der Waals surface area contributed by atoms with Crippen molar-refractivity contribution in [2.75, 3.05) is 11.9 Å². The number of aryl methyl sites for hydroxylation is 1. The number of rotatable bonds is 6. The number of thiazole rings is 1. The Hall–Kier alpha value is -2.78. The Kier molecular flexibility index (Phi) is 5.82. The first-order valence-corrected chi connectivity index (χ1v) is 9.33. The summed E-state index contributed by atoms with van der Waals surface area (Å²) in [7, 11) is 0. The number of halogens is 1. The quantitative estimate of drug-likeness (QED) is 0.633. The molecule has 1 amide bonds. The number of nitrogens with one attached hydrogen (secondary N) is 1. The molecule has 2 heterocycles. The van der Waals surface area contributed by atoms with Crippen LogP contribution in [0.1, 0.15) is 29.1 Å². The second-order valence-corrected chi connectivity index (χ2v) is 6.75. The Balaban J connectivity index is 1.70. The molecule has 1 N–H and O–H groups in total. The predicted octanol–water partition coefficient (Wildman–Crippen LogP) is 3.04. The van der Waals surface area contributed by atoms with Gasteiger partial charge < -0.3 is 4.74 Å². The predicted molar refractivity (Wildman–Crippen MR) is 102 cm³/mol. The molecule has 3 aromatic rings. The van der Waals surface area contributed by atoms with Gasteiger partial charge in [-0.05, 0) is 38.1 Å². The number of hydrogen-bond donors (Lipinski definition) is 1. The normalized spacial score (nSPS) is 10.6. The van der Waals surface area contributed by atoms with Crippen LogP contribution in [0.3, 0.4) is 0 Å². The Morgan fingerprint density at radius 3 is 2.70 bits per heavy atom. The van der Waals surface area contributed by atoms with Crippen molar-refractivity contribution in [2.45, 2.75) is 20.3 Å². The zero-order valence-electron chi connectivity index (χ0n) is 14.6. The molecule has 0 atom stereocenters. The summed E-state index contributed by atoms with van der Waals surface area (Å²) < 4.78 is 6.43. The van der Waals surface area contributed by atoms with Crippen molar-refractivity contribution in [1.82, 2.24) is 19.7 Å². The van der Waals surface area contributed by atoms with Gasteiger partial charge in [-0.2, -0.15) is 0 Å². The highest BCUT2D eigenvalue weighted by Gasteiger charge is 2.17. The molecule has 0 aliphatic carbocycles. The molecule has 0 aliphatic heterocycles. The molecule has 8 nitrogen and oxygen atoms in total. The van der Waals surface area contributed by atoms with Crippen LogP contribution in [-0.4, -0.2) is 38.2 Å². The van der Waals surface area contributed by atoms with Crippen LogP contribution in [0, 0.1) is 6.92 Å². The molecule has 2 aromatic heterocycles. The van der Waals surface area contributed by atoms with Gasteiger partial charge in [0.2, 0.25) is 5.82 Å². The third-order valence-electron chi connectivity index (χ3n) is 3.45. The van der Waals surface area contributed by atoms with Gasteiger partial charge in [-0.1, -0.05) is 11.6 Å². The number of hydrogen-bond acceptors (Lipinski definition) is 7. The van der Waals surface area contributed by atoms with Crippen molar-refractivity contribution in [1.29, 1.82) is 0 Å². The van der Waals surface area contributed by atoms with Crippen molar-refractivity contribution in [3.05, 3.63) is 52.0 Å².